The molecule has 1 aliphatic carbocycles. The summed E-state index contributed by atoms with van der Waals surface area (Å²) in [5.74, 6) is -0.986. The van der Waals surface area contributed by atoms with E-state index in [0.29, 0.717) is 24.1 Å². The van der Waals surface area contributed by atoms with Crippen molar-refractivity contribution in [3.05, 3.63) is 43.2 Å². The van der Waals surface area contributed by atoms with Crippen molar-refractivity contribution in [1.29, 1.82) is 0 Å². The van der Waals surface area contributed by atoms with Crippen LogP contribution in [-0.2, 0) is 14.3 Å². The molecule has 3 aliphatic heterocycles. The third-order valence-corrected chi connectivity index (χ3v) is 7.39. The number of hydrogen-bond donors (Lipinski definition) is 2. The van der Waals surface area contributed by atoms with Gasteiger partial charge in [-0.2, -0.15) is 0 Å². The van der Waals surface area contributed by atoms with Gasteiger partial charge in [0.05, 0.1) is 5.60 Å². The van der Waals surface area contributed by atoms with Crippen LogP contribution in [0.1, 0.15) is 70.6 Å². The Morgan fingerprint density at radius 2 is 1.76 bits per heavy atom. The molecule has 2 N–H and O–H groups in total. The van der Waals surface area contributed by atoms with Crippen LogP contribution in [0, 0.1) is 5.82 Å². The number of benzene rings is 1. The van der Waals surface area contributed by atoms with Gasteiger partial charge in [0.2, 0.25) is 11.8 Å². The van der Waals surface area contributed by atoms with Crippen molar-refractivity contribution in [2.45, 2.75) is 88.3 Å². The monoisotopic (exact) mass is 473 g/mol. The topological polar surface area (TPSA) is 70.7 Å². The number of imide groups is 1. The summed E-state index contributed by atoms with van der Waals surface area (Å²) in [5, 5.41) is 5.12. The van der Waals surface area contributed by atoms with Crippen molar-refractivity contribution in [1.82, 2.24) is 10.2 Å². The smallest absolute Gasteiger partial charge is 0.249 e. The van der Waals surface area contributed by atoms with Crippen LogP contribution in [0.5, 0.6) is 0 Å². The van der Waals surface area contributed by atoms with E-state index >= 15 is 0 Å². The van der Waals surface area contributed by atoms with Gasteiger partial charge in [0.25, 0.3) is 0 Å². The molecule has 3 heterocycles. The molecule has 0 bridgehead atoms. The average Bonchev–Trinajstić information content (AvgIpc) is 3.31. The molecule has 1 aromatic carbocycles. The summed E-state index contributed by atoms with van der Waals surface area (Å²) in [6, 6.07) is 6.31. The van der Waals surface area contributed by atoms with E-state index in [4.69, 9.17) is 4.74 Å². The number of amides is 2. The number of ether oxygens (including phenoxy) is 1. The van der Waals surface area contributed by atoms with Crippen molar-refractivity contribution >= 4 is 17.5 Å². The maximum Gasteiger partial charge on any atom is 0.249 e. The highest BCUT2D eigenvalue weighted by Crippen LogP contribution is 2.37. The van der Waals surface area contributed by atoms with Gasteiger partial charge in [-0.1, -0.05) is 25.3 Å². The number of rotatable bonds is 3. The number of piperidine rings is 2. The van der Waals surface area contributed by atoms with Crippen LogP contribution in [0.3, 0.4) is 0 Å². The highest BCUT2D eigenvalue weighted by molar-refractivity contribution is 6.01. The van der Waals surface area contributed by atoms with Gasteiger partial charge in [0, 0.05) is 37.8 Å². The molecule has 4 fully saturated rings. The van der Waals surface area contributed by atoms with Crippen LogP contribution in [-0.4, -0.2) is 54.1 Å². The molecule has 34 heavy (non-hydrogen) atoms. The predicted octanol–water partition coefficient (Wildman–Crippen LogP) is 4.81. The third-order valence-electron chi connectivity index (χ3n) is 7.39. The van der Waals surface area contributed by atoms with E-state index in [1.54, 1.807) is 12.1 Å². The zero-order chi connectivity index (χ0) is 24.4. The molecule has 188 valence electrons. The summed E-state index contributed by atoms with van der Waals surface area (Å²) in [4.78, 5) is 25.1. The summed E-state index contributed by atoms with van der Waals surface area (Å²) in [7, 11) is 0. The molecule has 1 spiro atoms. The van der Waals surface area contributed by atoms with Crippen molar-refractivity contribution < 1.29 is 18.7 Å². The quantitative estimate of drug-likeness (QED) is 0.487. The van der Waals surface area contributed by atoms with E-state index in [-0.39, 0.29) is 17.6 Å². The van der Waals surface area contributed by atoms with E-state index in [9.17, 15) is 14.0 Å². The number of likely N-dealkylation sites (tertiary alicyclic amines) is 1. The molecule has 3 saturated heterocycles. The lowest BCUT2D eigenvalue weighted by Crippen LogP contribution is -2.48. The molecular formula is C27H40FN3O3. The second-order valence-electron chi connectivity index (χ2n) is 9.62. The highest BCUT2D eigenvalue weighted by atomic mass is 19.1. The maximum absolute atomic E-state index is 12.9. The number of anilines is 1. The van der Waals surface area contributed by atoms with Gasteiger partial charge in [-0.05, 0) is 63.1 Å². The third kappa shape index (κ3) is 7.37. The molecule has 2 amide bonds. The lowest BCUT2D eigenvalue weighted by Gasteiger charge is -2.43. The standard InChI is InChI=1S/C14H25NO.C11H11FN2O2.C2H4/c1-2-5-13(6-3-1)15-10-8-14(9-11-15)7-4-12-16-14;12-7-2-1-3-8(6-7)13-9-4-5-10(15)14-11(9)16;1-2/h13H,1-12H2;1-3,6,9,13H,4-5H2,(H,14,15,16);1-2H2. The minimum absolute atomic E-state index is 0.262. The fraction of sp³-hybridized carbons (Fsp3) is 0.630. The van der Waals surface area contributed by atoms with Crippen LogP contribution >= 0.6 is 0 Å². The molecule has 1 atom stereocenters. The molecule has 0 aromatic heterocycles. The van der Waals surface area contributed by atoms with Gasteiger partial charge < -0.3 is 15.0 Å². The number of nitrogens with zero attached hydrogens (tertiary/aromatic N) is 1. The summed E-state index contributed by atoms with van der Waals surface area (Å²) < 4.78 is 18.9. The van der Waals surface area contributed by atoms with Crippen LogP contribution in [0.4, 0.5) is 10.1 Å². The summed E-state index contributed by atoms with van der Waals surface area (Å²) in [6.07, 6.45) is 13.2. The Bertz CT molecular complexity index is 796. The predicted molar refractivity (Wildman–Crippen MR) is 133 cm³/mol. The Labute approximate surface area is 203 Å². The number of nitrogens with one attached hydrogen (secondary N) is 2. The fourth-order valence-corrected chi connectivity index (χ4v) is 5.50. The maximum atomic E-state index is 12.9. The van der Waals surface area contributed by atoms with E-state index in [1.165, 1.54) is 83.0 Å². The van der Waals surface area contributed by atoms with Crippen molar-refractivity contribution in [3.63, 3.8) is 0 Å². The van der Waals surface area contributed by atoms with Crippen molar-refractivity contribution in [2.24, 2.45) is 0 Å². The van der Waals surface area contributed by atoms with Crippen LogP contribution in [0.15, 0.2) is 37.4 Å². The Kier molecular flexibility index (Phi) is 10.1. The Morgan fingerprint density at radius 3 is 2.38 bits per heavy atom. The first-order valence-electron chi connectivity index (χ1n) is 12.8. The fourth-order valence-electron chi connectivity index (χ4n) is 5.50. The van der Waals surface area contributed by atoms with Crippen LogP contribution in [0.2, 0.25) is 0 Å². The van der Waals surface area contributed by atoms with Gasteiger partial charge in [-0.15, -0.1) is 13.2 Å². The number of halogens is 1. The molecule has 0 radical (unpaired) electrons. The second-order valence-corrected chi connectivity index (χ2v) is 9.62. The molecule has 5 rings (SSSR count). The first-order valence-corrected chi connectivity index (χ1v) is 12.8. The molecule has 1 saturated carbocycles. The number of hydrogen-bond acceptors (Lipinski definition) is 5. The van der Waals surface area contributed by atoms with Gasteiger partial charge in [-0.3, -0.25) is 14.9 Å². The van der Waals surface area contributed by atoms with Crippen LogP contribution in [0.25, 0.3) is 0 Å². The Hall–Kier alpha value is -2.25. The summed E-state index contributed by atoms with van der Waals surface area (Å²) in [5.41, 5.74) is 0.847. The molecule has 1 unspecified atom stereocenters. The first kappa shape index (κ1) is 26.4. The minimum atomic E-state index is -0.473. The lowest BCUT2D eigenvalue weighted by atomic mass is 9.86. The summed E-state index contributed by atoms with van der Waals surface area (Å²) >= 11 is 0. The number of carbonyl (C=O) groups is 2. The largest absolute Gasteiger partial charge is 0.375 e. The molecule has 1 aromatic rings. The van der Waals surface area contributed by atoms with Gasteiger partial charge in [0.15, 0.2) is 0 Å². The van der Waals surface area contributed by atoms with Crippen molar-refractivity contribution in [3.8, 4) is 0 Å². The Balaban J connectivity index is 0.000000178. The molecule has 4 aliphatic rings. The normalized spacial score (nSPS) is 24.9. The average molecular weight is 474 g/mol. The van der Waals surface area contributed by atoms with E-state index < -0.39 is 6.04 Å². The second kappa shape index (κ2) is 13.0. The van der Waals surface area contributed by atoms with Gasteiger partial charge in [-0.25, -0.2) is 4.39 Å². The van der Waals surface area contributed by atoms with E-state index in [1.807, 2.05) is 0 Å². The van der Waals surface area contributed by atoms with Crippen molar-refractivity contribution in [2.75, 3.05) is 25.0 Å². The SMILES string of the molecule is C1CCC(N2CCC3(CCCO3)CC2)CC1.C=C.O=C1CCC(Nc2cccc(F)c2)C(=O)N1. The van der Waals surface area contributed by atoms with Crippen LogP contribution < -0.4 is 10.6 Å². The number of carbonyl (C=O) groups excluding carboxylic acids is 2. The summed E-state index contributed by atoms with van der Waals surface area (Å²) in [6.45, 7) is 9.61. The Morgan fingerprint density at radius 1 is 1.03 bits per heavy atom. The zero-order valence-corrected chi connectivity index (χ0v) is 20.3. The van der Waals surface area contributed by atoms with Gasteiger partial charge in [0.1, 0.15) is 11.9 Å². The van der Waals surface area contributed by atoms with E-state index in [2.05, 4.69) is 28.7 Å². The molecule has 6 nitrogen and oxygen atoms in total. The lowest BCUT2D eigenvalue weighted by molar-refractivity contribution is -0.133. The minimum Gasteiger partial charge on any atom is -0.375 e. The molecule has 7 heteroatoms. The molecular weight excluding hydrogens is 433 g/mol. The zero-order valence-electron chi connectivity index (χ0n) is 20.3. The van der Waals surface area contributed by atoms with Gasteiger partial charge >= 0.3 is 0 Å². The highest BCUT2D eigenvalue weighted by Gasteiger charge is 2.39. The van der Waals surface area contributed by atoms with E-state index in [0.717, 1.165) is 12.6 Å². The first-order chi connectivity index (χ1) is 16.5.